The highest BCUT2D eigenvalue weighted by molar-refractivity contribution is 5.32. The average molecular weight is 181 g/mol. The first kappa shape index (κ1) is 8.56. The topological polar surface area (TPSA) is 89.2 Å². The lowest BCUT2D eigenvalue weighted by Crippen LogP contribution is -2.32. The summed E-state index contributed by atoms with van der Waals surface area (Å²) < 4.78 is 0. The van der Waals surface area contributed by atoms with Crippen LogP contribution in [0.25, 0.3) is 10.4 Å². The van der Waals surface area contributed by atoms with Gasteiger partial charge in [-0.1, -0.05) is 11.2 Å². The minimum Gasteiger partial charge on any atom is -0.392 e. The smallest absolute Gasteiger partial charge is 0.0936 e. The first-order valence-electron chi connectivity index (χ1n) is 4.28. The highest BCUT2D eigenvalue weighted by Crippen LogP contribution is 2.49. The maximum Gasteiger partial charge on any atom is 0.0936 e. The molecule has 0 heterocycles. The monoisotopic (exact) mass is 181 g/mol. The van der Waals surface area contributed by atoms with Crippen LogP contribution in [0.3, 0.4) is 0 Å². The summed E-state index contributed by atoms with van der Waals surface area (Å²) in [4.78, 5) is 2.75. The lowest BCUT2D eigenvalue weighted by Gasteiger charge is -2.23. The Hall–Kier alpha value is -1.03. The molecular formula is C8H11N3O2. The third kappa shape index (κ3) is 1.05. The Morgan fingerprint density at radius 2 is 2.54 bits per heavy atom. The molecule has 0 aromatic rings. The molecular weight excluding hydrogens is 170 g/mol. The van der Waals surface area contributed by atoms with E-state index in [9.17, 15) is 5.11 Å². The van der Waals surface area contributed by atoms with Crippen LogP contribution in [0.4, 0.5) is 0 Å². The molecule has 1 fully saturated rings. The zero-order valence-corrected chi connectivity index (χ0v) is 7.09. The molecule has 2 bridgehead atoms. The van der Waals surface area contributed by atoms with Crippen LogP contribution in [-0.4, -0.2) is 28.5 Å². The van der Waals surface area contributed by atoms with E-state index in [1.165, 1.54) is 0 Å². The maximum atomic E-state index is 9.62. The van der Waals surface area contributed by atoms with Crippen molar-refractivity contribution in [3.05, 3.63) is 22.1 Å². The van der Waals surface area contributed by atoms with Crippen molar-refractivity contribution in [1.82, 2.24) is 0 Å². The van der Waals surface area contributed by atoms with Gasteiger partial charge in [-0.15, -0.1) is 0 Å². The summed E-state index contributed by atoms with van der Waals surface area (Å²) >= 11 is 0. The molecule has 2 aliphatic rings. The van der Waals surface area contributed by atoms with Crippen molar-refractivity contribution in [2.45, 2.75) is 24.5 Å². The molecule has 0 saturated heterocycles. The normalized spacial score (nSPS) is 41.5. The summed E-state index contributed by atoms with van der Waals surface area (Å²) in [6.45, 7) is 0.0000846. The fraction of sp³-hybridized carbons (Fsp3) is 0.750. The van der Waals surface area contributed by atoms with Crippen molar-refractivity contribution >= 4 is 0 Å². The SMILES string of the molecule is [N-]=[N+]=NC12C=C(CO)C(CC1O)C2. The van der Waals surface area contributed by atoms with Crippen LogP contribution < -0.4 is 0 Å². The summed E-state index contributed by atoms with van der Waals surface area (Å²) in [5, 5.41) is 22.2. The molecule has 0 aromatic heterocycles. The molecule has 3 unspecified atom stereocenters. The number of rotatable bonds is 2. The second kappa shape index (κ2) is 2.73. The summed E-state index contributed by atoms with van der Waals surface area (Å²) in [5.74, 6) is 0.200. The van der Waals surface area contributed by atoms with Crippen LogP contribution in [0.1, 0.15) is 12.8 Å². The molecule has 0 aliphatic heterocycles. The lowest BCUT2D eigenvalue weighted by molar-refractivity contribution is 0.128. The fourth-order valence-electron chi connectivity index (χ4n) is 2.36. The molecule has 0 aromatic carbocycles. The first-order chi connectivity index (χ1) is 6.22. The Bertz CT molecular complexity index is 309. The number of aliphatic hydroxyl groups excluding tert-OH is 2. The molecule has 0 radical (unpaired) electrons. The van der Waals surface area contributed by atoms with Gasteiger partial charge in [-0.3, -0.25) is 0 Å². The lowest BCUT2D eigenvalue weighted by atomic mass is 9.94. The number of aliphatic hydroxyl groups is 2. The molecule has 70 valence electrons. The first-order valence-corrected chi connectivity index (χ1v) is 4.28. The molecule has 2 rings (SSSR count). The second-order valence-electron chi connectivity index (χ2n) is 3.71. The Morgan fingerprint density at radius 3 is 3.15 bits per heavy atom. The van der Waals surface area contributed by atoms with E-state index in [2.05, 4.69) is 10.0 Å². The molecule has 2 aliphatic carbocycles. The molecule has 3 atom stereocenters. The van der Waals surface area contributed by atoms with Gasteiger partial charge in [0.05, 0.1) is 18.2 Å². The van der Waals surface area contributed by atoms with Gasteiger partial charge >= 0.3 is 0 Å². The second-order valence-corrected chi connectivity index (χ2v) is 3.71. The summed E-state index contributed by atoms with van der Waals surface area (Å²) in [5.41, 5.74) is 8.51. The fourth-order valence-corrected chi connectivity index (χ4v) is 2.36. The van der Waals surface area contributed by atoms with Crippen molar-refractivity contribution in [1.29, 1.82) is 0 Å². The molecule has 13 heavy (non-hydrogen) atoms. The van der Waals surface area contributed by atoms with Crippen LogP contribution in [0, 0.1) is 5.92 Å². The zero-order chi connectivity index (χ0) is 9.47. The van der Waals surface area contributed by atoms with E-state index in [1.54, 1.807) is 6.08 Å². The number of nitrogens with zero attached hydrogens (tertiary/aromatic N) is 3. The molecule has 2 N–H and O–H groups in total. The summed E-state index contributed by atoms with van der Waals surface area (Å²) in [6, 6.07) is 0. The Balaban J connectivity index is 2.37. The standard InChI is InChI=1S/C8H11N3O2/c9-11-10-8-2-5(1-7(8)13)6(3-8)4-12/h3,5,7,12-13H,1-2,4H2. The Kier molecular flexibility index (Phi) is 1.80. The highest BCUT2D eigenvalue weighted by Gasteiger charge is 2.50. The number of hydrogen-bond donors (Lipinski definition) is 2. The van der Waals surface area contributed by atoms with Crippen molar-refractivity contribution in [2.75, 3.05) is 6.61 Å². The van der Waals surface area contributed by atoms with Crippen molar-refractivity contribution < 1.29 is 10.2 Å². The number of azide groups is 1. The predicted octanol–water partition coefficient (Wildman–Crippen LogP) is 0.739. The van der Waals surface area contributed by atoms with Crippen LogP contribution >= 0.6 is 0 Å². The van der Waals surface area contributed by atoms with E-state index in [0.29, 0.717) is 12.8 Å². The van der Waals surface area contributed by atoms with E-state index in [4.69, 9.17) is 10.6 Å². The quantitative estimate of drug-likeness (QED) is 0.285. The molecule has 0 amide bonds. The van der Waals surface area contributed by atoms with Gasteiger partial charge in [-0.05, 0) is 29.9 Å². The van der Waals surface area contributed by atoms with Crippen molar-refractivity contribution in [3.8, 4) is 0 Å². The van der Waals surface area contributed by atoms with Gasteiger partial charge in [0, 0.05) is 4.91 Å². The Labute approximate surface area is 75.3 Å². The van der Waals surface area contributed by atoms with Crippen LogP contribution in [0.15, 0.2) is 16.8 Å². The Morgan fingerprint density at radius 1 is 1.77 bits per heavy atom. The van der Waals surface area contributed by atoms with Gasteiger partial charge in [0.25, 0.3) is 0 Å². The summed E-state index contributed by atoms with van der Waals surface area (Å²) in [6.07, 6.45) is 2.40. The summed E-state index contributed by atoms with van der Waals surface area (Å²) in [7, 11) is 0. The molecule has 1 saturated carbocycles. The van der Waals surface area contributed by atoms with E-state index in [-0.39, 0.29) is 12.5 Å². The van der Waals surface area contributed by atoms with Crippen LogP contribution in [-0.2, 0) is 0 Å². The van der Waals surface area contributed by atoms with E-state index >= 15 is 0 Å². The van der Waals surface area contributed by atoms with Gasteiger partial charge in [0.15, 0.2) is 0 Å². The zero-order valence-electron chi connectivity index (χ0n) is 7.09. The van der Waals surface area contributed by atoms with Gasteiger partial charge in [-0.2, -0.15) is 0 Å². The minimum atomic E-state index is -0.766. The van der Waals surface area contributed by atoms with Gasteiger partial charge in [0.1, 0.15) is 0 Å². The maximum absolute atomic E-state index is 9.62. The van der Waals surface area contributed by atoms with Gasteiger partial charge < -0.3 is 10.2 Å². The van der Waals surface area contributed by atoms with Crippen LogP contribution in [0.5, 0.6) is 0 Å². The van der Waals surface area contributed by atoms with E-state index in [0.717, 1.165) is 5.57 Å². The van der Waals surface area contributed by atoms with E-state index in [1.807, 2.05) is 0 Å². The largest absolute Gasteiger partial charge is 0.392 e. The predicted molar refractivity (Wildman–Crippen MR) is 45.8 cm³/mol. The van der Waals surface area contributed by atoms with Crippen molar-refractivity contribution in [2.24, 2.45) is 11.0 Å². The van der Waals surface area contributed by atoms with Gasteiger partial charge in [-0.25, -0.2) is 0 Å². The molecule has 5 heteroatoms. The molecule has 5 nitrogen and oxygen atoms in total. The third-order valence-corrected chi connectivity index (χ3v) is 3.03. The van der Waals surface area contributed by atoms with Crippen LogP contribution in [0.2, 0.25) is 0 Å². The number of fused-ring (bicyclic) bond motifs is 2. The number of hydrogen-bond acceptors (Lipinski definition) is 3. The van der Waals surface area contributed by atoms with E-state index < -0.39 is 11.6 Å². The minimum absolute atomic E-state index is 0.0000846. The third-order valence-electron chi connectivity index (χ3n) is 3.03. The molecule has 0 spiro atoms. The highest BCUT2D eigenvalue weighted by atomic mass is 16.3. The van der Waals surface area contributed by atoms with Crippen molar-refractivity contribution in [3.63, 3.8) is 0 Å². The average Bonchev–Trinajstić information content (AvgIpc) is 2.58. The van der Waals surface area contributed by atoms with Gasteiger partial charge in [0.2, 0.25) is 0 Å².